The van der Waals surface area contributed by atoms with Crippen LogP contribution in [0.15, 0.2) is 29.3 Å². The van der Waals surface area contributed by atoms with Crippen LogP contribution >= 0.6 is 0 Å². The predicted octanol–water partition coefficient (Wildman–Crippen LogP) is 2.05. The molecule has 1 aromatic rings. The van der Waals surface area contributed by atoms with Crippen molar-refractivity contribution in [1.29, 1.82) is 0 Å². The number of rotatable bonds is 7. The number of aliphatic imine (C=N–C) groups is 1. The molecule has 0 aliphatic carbocycles. The van der Waals surface area contributed by atoms with Gasteiger partial charge in [0.05, 0.1) is 6.61 Å². The van der Waals surface area contributed by atoms with E-state index >= 15 is 0 Å². The zero-order valence-corrected chi connectivity index (χ0v) is 17.7. The van der Waals surface area contributed by atoms with Gasteiger partial charge >= 0.3 is 0 Å². The number of benzene rings is 1. The van der Waals surface area contributed by atoms with Gasteiger partial charge in [0.25, 0.3) is 5.91 Å². The van der Waals surface area contributed by atoms with Crippen molar-refractivity contribution in [3.63, 3.8) is 0 Å². The number of carbonyl (C=O) groups excluding carboxylic acids is 1. The Morgan fingerprint density at radius 1 is 1.24 bits per heavy atom. The van der Waals surface area contributed by atoms with Gasteiger partial charge in [0, 0.05) is 52.3 Å². The van der Waals surface area contributed by atoms with E-state index in [1.54, 1.807) is 0 Å². The van der Waals surface area contributed by atoms with Crippen molar-refractivity contribution in [2.24, 2.45) is 4.99 Å². The van der Waals surface area contributed by atoms with Crippen molar-refractivity contribution >= 4 is 11.9 Å². The third-order valence-electron chi connectivity index (χ3n) is 5.35. The second-order valence-electron chi connectivity index (χ2n) is 7.52. The lowest BCUT2D eigenvalue weighted by Gasteiger charge is -2.37. The Labute approximate surface area is 174 Å². The van der Waals surface area contributed by atoms with E-state index in [0.717, 1.165) is 69.3 Å². The molecule has 3 rings (SSSR count). The molecule has 29 heavy (non-hydrogen) atoms. The highest BCUT2D eigenvalue weighted by atomic mass is 16.5. The van der Waals surface area contributed by atoms with E-state index in [1.165, 1.54) is 0 Å². The van der Waals surface area contributed by atoms with Gasteiger partial charge in [-0.25, -0.2) is 0 Å². The van der Waals surface area contributed by atoms with Crippen LogP contribution in [0.5, 0.6) is 5.75 Å². The van der Waals surface area contributed by atoms with E-state index < -0.39 is 0 Å². The van der Waals surface area contributed by atoms with E-state index in [9.17, 15) is 4.79 Å². The summed E-state index contributed by atoms with van der Waals surface area (Å²) in [6.45, 7) is 10.1. The largest absolute Gasteiger partial charge is 0.493 e. The molecule has 160 valence electrons. The normalized spacial score (nSPS) is 20.1. The first-order valence-corrected chi connectivity index (χ1v) is 10.8. The van der Waals surface area contributed by atoms with Crippen LogP contribution in [0.3, 0.4) is 0 Å². The molecule has 0 aromatic heterocycles. The highest BCUT2D eigenvalue weighted by Crippen LogP contribution is 2.17. The van der Waals surface area contributed by atoms with Crippen molar-refractivity contribution in [1.82, 2.24) is 15.1 Å². The van der Waals surface area contributed by atoms with Gasteiger partial charge in [-0.15, -0.1) is 0 Å². The molecule has 2 aliphatic heterocycles. The molecule has 1 N–H and O–H groups in total. The van der Waals surface area contributed by atoms with Crippen LogP contribution in [0.2, 0.25) is 0 Å². The SMILES string of the molecule is CCNC(=NCCCOc1ccccc1C)N1CCN(C(=O)C2CCCO2)CC1. The van der Waals surface area contributed by atoms with Crippen LogP contribution < -0.4 is 10.1 Å². The number of aryl methyl sites for hydroxylation is 1. The van der Waals surface area contributed by atoms with Crippen LogP contribution in [-0.2, 0) is 9.53 Å². The Kier molecular flexibility index (Phi) is 8.16. The summed E-state index contributed by atoms with van der Waals surface area (Å²) >= 11 is 0. The molecule has 2 heterocycles. The van der Waals surface area contributed by atoms with Crippen molar-refractivity contribution in [3.05, 3.63) is 29.8 Å². The Morgan fingerprint density at radius 3 is 2.69 bits per heavy atom. The molecular weight excluding hydrogens is 368 g/mol. The molecule has 2 aliphatic rings. The van der Waals surface area contributed by atoms with E-state index in [-0.39, 0.29) is 12.0 Å². The number of guanidine groups is 1. The van der Waals surface area contributed by atoms with Crippen molar-refractivity contribution in [2.45, 2.75) is 39.2 Å². The predicted molar refractivity (Wildman–Crippen MR) is 114 cm³/mol. The first-order valence-electron chi connectivity index (χ1n) is 10.8. The number of ether oxygens (including phenoxy) is 2. The average molecular weight is 403 g/mol. The fourth-order valence-electron chi connectivity index (χ4n) is 3.69. The lowest BCUT2D eigenvalue weighted by Crippen LogP contribution is -2.55. The Hall–Kier alpha value is -2.28. The minimum absolute atomic E-state index is 0.150. The van der Waals surface area contributed by atoms with Gasteiger partial charge < -0.3 is 24.6 Å². The van der Waals surface area contributed by atoms with Crippen molar-refractivity contribution in [3.8, 4) is 5.75 Å². The summed E-state index contributed by atoms with van der Waals surface area (Å²) in [4.78, 5) is 21.4. The molecule has 1 amide bonds. The second-order valence-corrected chi connectivity index (χ2v) is 7.52. The summed E-state index contributed by atoms with van der Waals surface area (Å²) in [6, 6.07) is 8.07. The topological polar surface area (TPSA) is 66.4 Å². The molecule has 7 heteroatoms. The molecule has 7 nitrogen and oxygen atoms in total. The van der Waals surface area contributed by atoms with Gasteiger partial charge in [-0.1, -0.05) is 18.2 Å². The van der Waals surface area contributed by atoms with Gasteiger partial charge in [-0.2, -0.15) is 0 Å². The molecule has 0 radical (unpaired) electrons. The Morgan fingerprint density at radius 2 is 2.00 bits per heavy atom. The third-order valence-corrected chi connectivity index (χ3v) is 5.35. The molecular formula is C22H34N4O3. The molecule has 0 spiro atoms. The van der Waals surface area contributed by atoms with Gasteiger partial charge in [0.2, 0.25) is 0 Å². The maximum Gasteiger partial charge on any atom is 0.251 e. The number of para-hydroxylation sites is 1. The van der Waals surface area contributed by atoms with Crippen LogP contribution in [0.25, 0.3) is 0 Å². The highest BCUT2D eigenvalue weighted by molar-refractivity contribution is 5.82. The number of amides is 1. The monoisotopic (exact) mass is 402 g/mol. The third kappa shape index (κ3) is 6.10. The fourth-order valence-corrected chi connectivity index (χ4v) is 3.69. The highest BCUT2D eigenvalue weighted by Gasteiger charge is 2.30. The number of nitrogens with one attached hydrogen (secondary N) is 1. The summed E-state index contributed by atoms with van der Waals surface area (Å²) < 4.78 is 11.4. The van der Waals surface area contributed by atoms with Crippen LogP contribution in [-0.4, -0.2) is 80.3 Å². The average Bonchev–Trinajstić information content (AvgIpc) is 3.28. The van der Waals surface area contributed by atoms with Crippen LogP contribution in [0.1, 0.15) is 31.7 Å². The summed E-state index contributed by atoms with van der Waals surface area (Å²) in [5.41, 5.74) is 1.15. The van der Waals surface area contributed by atoms with Crippen molar-refractivity contribution < 1.29 is 14.3 Å². The summed E-state index contributed by atoms with van der Waals surface area (Å²) in [5, 5.41) is 3.38. The number of hydrogen-bond acceptors (Lipinski definition) is 4. The molecule has 0 bridgehead atoms. The molecule has 0 saturated carbocycles. The summed E-state index contributed by atoms with van der Waals surface area (Å²) in [6.07, 6.45) is 2.48. The van der Waals surface area contributed by atoms with E-state index in [4.69, 9.17) is 14.5 Å². The molecule has 2 fully saturated rings. The van der Waals surface area contributed by atoms with E-state index in [2.05, 4.69) is 30.1 Å². The van der Waals surface area contributed by atoms with Gasteiger partial charge in [0.1, 0.15) is 11.9 Å². The zero-order chi connectivity index (χ0) is 20.5. The maximum absolute atomic E-state index is 12.5. The van der Waals surface area contributed by atoms with Crippen LogP contribution in [0, 0.1) is 6.92 Å². The minimum atomic E-state index is -0.225. The Bertz CT molecular complexity index is 680. The number of carbonyl (C=O) groups is 1. The number of piperazine rings is 1. The first-order chi connectivity index (χ1) is 14.2. The van der Waals surface area contributed by atoms with E-state index in [0.29, 0.717) is 19.8 Å². The lowest BCUT2D eigenvalue weighted by molar-refractivity contribution is -0.142. The standard InChI is InChI=1S/C22H34N4O3/c1-3-23-22(24-11-7-17-28-19-9-5-4-8-18(19)2)26-14-12-25(13-15-26)21(27)20-10-6-16-29-20/h4-5,8-9,20H,3,6-7,10-17H2,1-2H3,(H,23,24). The smallest absolute Gasteiger partial charge is 0.251 e. The minimum Gasteiger partial charge on any atom is -0.493 e. The zero-order valence-electron chi connectivity index (χ0n) is 17.7. The molecule has 2 saturated heterocycles. The lowest BCUT2D eigenvalue weighted by atomic mass is 10.2. The first kappa shape index (κ1) is 21.4. The fraction of sp³-hybridized carbons (Fsp3) is 0.636. The maximum atomic E-state index is 12.5. The van der Waals surface area contributed by atoms with Gasteiger partial charge in [-0.05, 0) is 38.3 Å². The summed E-state index contributed by atoms with van der Waals surface area (Å²) in [5.74, 6) is 2.01. The molecule has 1 atom stereocenters. The number of hydrogen-bond donors (Lipinski definition) is 1. The molecule has 1 aromatic carbocycles. The second kappa shape index (κ2) is 11.0. The Balaban J connectivity index is 1.43. The summed E-state index contributed by atoms with van der Waals surface area (Å²) in [7, 11) is 0. The van der Waals surface area contributed by atoms with Gasteiger partial charge in [0.15, 0.2) is 5.96 Å². The van der Waals surface area contributed by atoms with Crippen LogP contribution in [0.4, 0.5) is 0 Å². The quantitative estimate of drug-likeness (QED) is 0.430. The van der Waals surface area contributed by atoms with Crippen molar-refractivity contribution in [2.75, 3.05) is 52.5 Å². The number of nitrogens with zero attached hydrogens (tertiary/aromatic N) is 3. The van der Waals surface area contributed by atoms with E-state index in [1.807, 2.05) is 23.1 Å². The van der Waals surface area contributed by atoms with Gasteiger partial charge in [-0.3, -0.25) is 9.79 Å². The molecule has 1 unspecified atom stereocenters.